The minimum atomic E-state index is -0.525. The Hall–Kier alpha value is -2.37. The fourth-order valence-corrected chi connectivity index (χ4v) is 3.49. The van der Waals surface area contributed by atoms with E-state index in [1.807, 2.05) is 54.6 Å². The number of carbonyl (C=O) groups excluding carboxylic acids is 1. The van der Waals surface area contributed by atoms with E-state index in [0.717, 1.165) is 16.9 Å². The maximum absolute atomic E-state index is 12.7. The minimum Gasteiger partial charge on any atom is -0.489 e. The molecule has 0 aliphatic heterocycles. The van der Waals surface area contributed by atoms with E-state index >= 15 is 0 Å². The standard InChI is InChI=1S/C26H39N3O2/c1-18(2)15-22(27)25(30)29-23(24(28)26(3,4)5)16-19-11-13-21(14-12-19)31-17-20-9-7-6-8-10-20/h6-14,18,22-24H,15-17,27-28H2,1-5H3,(H,29,30). The largest absolute Gasteiger partial charge is 0.489 e. The zero-order valence-corrected chi connectivity index (χ0v) is 19.6. The summed E-state index contributed by atoms with van der Waals surface area (Å²) < 4.78 is 5.88. The molecule has 0 radical (unpaired) electrons. The molecule has 0 aliphatic rings. The summed E-state index contributed by atoms with van der Waals surface area (Å²) >= 11 is 0. The molecule has 5 N–H and O–H groups in total. The van der Waals surface area contributed by atoms with Gasteiger partial charge in [0, 0.05) is 12.1 Å². The van der Waals surface area contributed by atoms with E-state index in [1.54, 1.807) is 0 Å². The molecule has 5 heteroatoms. The second-order valence-corrected chi connectivity index (χ2v) is 9.87. The highest BCUT2D eigenvalue weighted by Crippen LogP contribution is 2.23. The lowest BCUT2D eigenvalue weighted by Gasteiger charge is -2.35. The number of carbonyl (C=O) groups is 1. The van der Waals surface area contributed by atoms with Crippen molar-refractivity contribution in [2.45, 2.75) is 72.2 Å². The Morgan fingerprint density at radius 1 is 0.968 bits per heavy atom. The Morgan fingerprint density at radius 3 is 2.13 bits per heavy atom. The van der Waals surface area contributed by atoms with Crippen LogP contribution in [0.25, 0.3) is 0 Å². The maximum Gasteiger partial charge on any atom is 0.237 e. The molecule has 0 heterocycles. The van der Waals surface area contributed by atoms with Crippen molar-refractivity contribution in [3.8, 4) is 5.75 Å². The molecule has 0 aromatic heterocycles. The minimum absolute atomic E-state index is 0.138. The molecule has 0 saturated heterocycles. The molecule has 0 bridgehead atoms. The van der Waals surface area contributed by atoms with E-state index in [4.69, 9.17) is 16.2 Å². The van der Waals surface area contributed by atoms with Gasteiger partial charge < -0.3 is 21.5 Å². The van der Waals surface area contributed by atoms with Gasteiger partial charge in [0.25, 0.3) is 0 Å². The molecule has 0 spiro atoms. The lowest BCUT2D eigenvalue weighted by molar-refractivity contribution is -0.123. The number of hydrogen-bond donors (Lipinski definition) is 3. The van der Waals surface area contributed by atoms with Crippen molar-refractivity contribution in [1.29, 1.82) is 0 Å². The van der Waals surface area contributed by atoms with Gasteiger partial charge in [0.15, 0.2) is 0 Å². The molecule has 2 rings (SSSR count). The van der Waals surface area contributed by atoms with Crippen LogP contribution in [0, 0.1) is 11.3 Å². The normalized spacial score (nSPS) is 14.7. The van der Waals surface area contributed by atoms with E-state index in [-0.39, 0.29) is 23.4 Å². The van der Waals surface area contributed by atoms with Crippen LogP contribution in [0.5, 0.6) is 5.75 Å². The lowest BCUT2D eigenvalue weighted by Crippen LogP contribution is -2.57. The Bertz CT molecular complexity index is 798. The van der Waals surface area contributed by atoms with E-state index < -0.39 is 6.04 Å². The van der Waals surface area contributed by atoms with Gasteiger partial charge in [0.2, 0.25) is 5.91 Å². The molecule has 0 aliphatic carbocycles. The van der Waals surface area contributed by atoms with E-state index in [9.17, 15) is 4.79 Å². The second kappa shape index (κ2) is 11.3. The number of nitrogens with one attached hydrogen (secondary N) is 1. The average molecular weight is 426 g/mol. The predicted octanol–water partition coefficient (Wildman–Crippen LogP) is 4.04. The van der Waals surface area contributed by atoms with Crippen molar-refractivity contribution in [3.05, 3.63) is 65.7 Å². The lowest BCUT2D eigenvalue weighted by atomic mass is 9.80. The number of ether oxygens (including phenoxy) is 1. The zero-order chi connectivity index (χ0) is 23.0. The van der Waals surface area contributed by atoms with Crippen molar-refractivity contribution >= 4 is 5.91 Å². The third-order valence-corrected chi connectivity index (χ3v) is 5.45. The number of nitrogens with two attached hydrogens (primary N) is 2. The summed E-state index contributed by atoms with van der Waals surface area (Å²) in [5.41, 5.74) is 14.7. The van der Waals surface area contributed by atoms with Gasteiger partial charge in [-0.3, -0.25) is 4.79 Å². The molecule has 2 aromatic rings. The first kappa shape index (κ1) is 24.9. The number of hydrogen-bond acceptors (Lipinski definition) is 4. The van der Waals surface area contributed by atoms with Crippen LogP contribution >= 0.6 is 0 Å². The van der Waals surface area contributed by atoms with Gasteiger partial charge in [-0.2, -0.15) is 0 Å². The smallest absolute Gasteiger partial charge is 0.237 e. The van der Waals surface area contributed by atoms with Crippen molar-refractivity contribution in [1.82, 2.24) is 5.32 Å². The van der Waals surface area contributed by atoms with Gasteiger partial charge in [0.05, 0.1) is 6.04 Å². The van der Waals surface area contributed by atoms with Gasteiger partial charge in [-0.1, -0.05) is 77.1 Å². The number of rotatable bonds is 10. The molecule has 170 valence electrons. The van der Waals surface area contributed by atoms with Gasteiger partial charge in [-0.25, -0.2) is 0 Å². The van der Waals surface area contributed by atoms with Crippen LogP contribution in [0.15, 0.2) is 54.6 Å². The molecule has 1 amide bonds. The van der Waals surface area contributed by atoms with E-state index in [0.29, 0.717) is 25.4 Å². The van der Waals surface area contributed by atoms with Gasteiger partial charge in [-0.15, -0.1) is 0 Å². The third-order valence-electron chi connectivity index (χ3n) is 5.45. The van der Waals surface area contributed by atoms with Crippen LogP contribution in [-0.4, -0.2) is 24.0 Å². The fourth-order valence-electron chi connectivity index (χ4n) is 3.49. The summed E-state index contributed by atoms with van der Waals surface area (Å²) in [6, 6.07) is 17.1. The van der Waals surface area contributed by atoms with Crippen molar-refractivity contribution < 1.29 is 9.53 Å². The highest BCUT2D eigenvalue weighted by Gasteiger charge is 2.31. The van der Waals surface area contributed by atoms with Crippen LogP contribution in [-0.2, 0) is 17.8 Å². The van der Waals surface area contributed by atoms with Gasteiger partial charge in [-0.05, 0) is 47.4 Å². The first-order valence-corrected chi connectivity index (χ1v) is 11.1. The fraction of sp³-hybridized carbons (Fsp3) is 0.500. The van der Waals surface area contributed by atoms with E-state index in [1.165, 1.54) is 0 Å². The Kier molecular flexibility index (Phi) is 9.08. The number of amides is 1. The molecule has 31 heavy (non-hydrogen) atoms. The second-order valence-electron chi connectivity index (χ2n) is 9.87. The Labute approximate surface area is 187 Å². The summed E-state index contributed by atoms with van der Waals surface area (Å²) in [5, 5.41) is 3.12. The van der Waals surface area contributed by atoms with Crippen LogP contribution in [0.2, 0.25) is 0 Å². The SMILES string of the molecule is CC(C)CC(N)C(=O)NC(Cc1ccc(OCc2ccccc2)cc1)C(N)C(C)(C)C. The molecule has 0 fully saturated rings. The molecule has 3 unspecified atom stereocenters. The summed E-state index contributed by atoms with van der Waals surface area (Å²) in [4.78, 5) is 12.7. The van der Waals surface area contributed by atoms with Crippen LogP contribution < -0.4 is 21.5 Å². The topological polar surface area (TPSA) is 90.4 Å². The quantitative estimate of drug-likeness (QED) is 0.536. The molecule has 5 nitrogen and oxygen atoms in total. The van der Waals surface area contributed by atoms with Crippen LogP contribution in [0.3, 0.4) is 0 Å². The molecular formula is C26H39N3O2. The van der Waals surface area contributed by atoms with Crippen LogP contribution in [0.1, 0.15) is 52.2 Å². The average Bonchev–Trinajstić information content (AvgIpc) is 2.71. The zero-order valence-electron chi connectivity index (χ0n) is 19.6. The van der Waals surface area contributed by atoms with Crippen LogP contribution in [0.4, 0.5) is 0 Å². The Morgan fingerprint density at radius 2 is 1.58 bits per heavy atom. The molecular weight excluding hydrogens is 386 g/mol. The highest BCUT2D eigenvalue weighted by molar-refractivity contribution is 5.81. The van der Waals surface area contributed by atoms with Gasteiger partial charge >= 0.3 is 0 Å². The first-order valence-electron chi connectivity index (χ1n) is 11.1. The maximum atomic E-state index is 12.7. The summed E-state index contributed by atoms with van der Waals surface area (Å²) in [6.45, 7) is 10.9. The molecule has 2 aromatic carbocycles. The van der Waals surface area contributed by atoms with Crippen molar-refractivity contribution in [2.24, 2.45) is 22.8 Å². The van der Waals surface area contributed by atoms with Crippen molar-refractivity contribution in [2.75, 3.05) is 0 Å². The van der Waals surface area contributed by atoms with E-state index in [2.05, 4.69) is 39.9 Å². The number of benzene rings is 2. The summed E-state index contributed by atoms with van der Waals surface area (Å²) in [6.07, 6.45) is 1.29. The monoisotopic (exact) mass is 425 g/mol. The molecule has 3 atom stereocenters. The third kappa shape index (κ3) is 8.35. The van der Waals surface area contributed by atoms with Crippen molar-refractivity contribution in [3.63, 3.8) is 0 Å². The first-order chi connectivity index (χ1) is 14.6. The summed E-state index contributed by atoms with van der Waals surface area (Å²) in [5.74, 6) is 1.03. The van der Waals surface area contributed by atoms with Gasteiger partial charge in [0.1, 0.15) is 12.4 Å². The predicted molar refractivity (Wildman–Crippen MR) is 128 cm³/mol. The summed E-state index contributed by atoms with van der Waals surface area (Å²) in [7, 11) is 0. The molecule has 0 saturated carbocycles. The highest BCUT2D eigenvalue weighted by atomic mass is 16.5. The Balaban J connectivity index is 2.04.